The number of aryl methyl sites for hydroxylation is 1. The van der Waals surface area contributed by atoms with Crippen LogP contribution < -0.4 is 25.4 Å². The molecule has 2 aliphatic rings. The Bertz CT molecular complexity index is 3200. The van der Waals surface area contributed by atoms with Crippen molar-refractivity contribution >= 4 is 64.8 Å². The van der Waals surface area contributed by atoms with Crippen LogP contribution >= 0.6 is 0 Å². The second-order valence-corrected chi connectivity index (χ2v) is 24.5. The summed E-state index contributed by atoms with van der Waals surface area (Å²) in [4.78, 5) is 148. The molecule has 2 bridgehead atoms. The predicted molar refractivity (Wildman–Crippen MR) is 338 cm³/mol. The van der Waals surface area contributed by atoms with Crippen molar-refractivity contribution < 1.29 is 66.9 Å². The summed E-state index contributed by atoms with van der Waals surface area (Å²) in [6, 6.07) is 24.0. The Kier molecular flexibility index (Phi) is 25.8. The number of carbonyl (C=O) groups is 10. The van der Waals surface area contributed by atoms with Crippen LogP contribution in [0.4, 0.5) is 5.69 Å². The van der Waals surface area contributed by atoms with E-state index < -0.39 is 113 Å². The standard InChI is InChI=1S/C69H89N7O14/c1-44(2)39-53-63(81)71-51(40-46-23-14-12-15-24-46)65(83)75(9)61(45(3)4)64(82)72-60(48-25-16-13-17-26-48)66(84)73(7)37-20-19-30-59(79)89-43-69(5,6)62(80)67(85)76-38-21-18-29-52(76)68(86)90-54(33-31-47-32-34-55(87-10)56(41-47)88-11)49-27-22-28-50(42-49)70-57(77)35-36-58(78)74(53)8/h12-17,19,22-28,30,32,34,41-42,44-45,51-54,60-61H,18,20-21,29,31,33,35-40,43H2,1-11H3,(H,70,77)(H,71,81)(H,72,82)/b30-19-/t51-,52+,53+,54-,60+,61?/m1/s1. The molecule has 0 aromatic heterocycles. The van der Waals surface area contributed by atoms with Crippen LogP contribution in [0, 0.1) is 17.3 Å². The van der Waals surface area contributed by atoms with Gasteiger partial charge in [-0.15, -0.1) is 0 Å². The van der Waals surface area contributed by atoms with Crippen molar-refractivity contribution in [2.24, 2.45) is 17.3 Å². The molecule has 2 aliphatic heterocycles. The Balaban J connectivity index is 1.34. The van der Waals surface area contributed by atoms with Gasteiger partial charge < -0.3 is 54.5 Å². The van der Waals surface area contributed by atoms with Gasteiger partial charge in [0.05, 0.1) is 19.6 Å². The van der Waals surface area contributed by atoms with E-state index in [4.69, 9.17) is 18.9 Å². The molecule has 90 heavy (non-hydrogen) atoms. The Morgan fingerprint density at radius 2 is 1.37 bits per heavy atom. The summed E-state index contributed by atoms with van der Waals surface area (Å²) in [6.45, 7) is 9.96. The van der Waals surface area contributed by atoms with Crippen LogP contribution in [-0.2, 0) is 70.3 Å². The number of methoxy groups -OCH3 is 2. The maximum absolute atomic E-state index is 15.0. The maximum atomic E-state index is 15.0. The summed E-state index contributed by atoms with van der Waals surface area (Å²) in [5, 5.41) is 8.71. The minimum atomic E-state index is -1.52. The van der Waals surface area contributed by atoms with Crippen LogP contribution in [0.3, 0.4) is 0 Å². The third kappa shape index (κ3) is 19.3. The molecule has 0 radical (unpaired) electrons. The zero-order valence-electron chi connectivity index (χ0n) is 53.8. The molecule has 21 heteroatoms. The molecule has 21 nitrogen and oxygen atoms in total. The molecule has 4 aromatic rings. The number of fused-ring (bicyclic) bond motifs is 3. The van der Waals surface area contributed by atoms with Gasteiger partial charge in [0.1, 0.15) is 42.9 Å². The van der Waals surface area contributed by atoms with E-state index in [2.05, 4.69) is 16.0 Å². The molecular formula is C69H89N7O14. The molecule has 1 saturated heterocycles. The highest BCUT2D eigenvalue weighted by Gasteiger charge is 2.43. The van der Waals surface area contributed by atoms with E-state index in [1.807, 2.05) is 44.2 Å². The van der Waals surface area contributed by atoms with Gasteiger partial charge in [-0.1, -0.05) is 113 Å². The number of cyclic esters (lactones) is 2. The monoisotopic (exact) mass is 1240 g/mol. The zero-order valence-corrected chi connectivity index (χ0v) is 53.8. The summed E-state index contributed by atoms with van der Waals surface area (Å²) in [6.07, 6.45) is 3.41. The molecule has 0 saturated carbocycles. The minimum Gasteiger partial charge on any atom is -0.493 e. The van der Waals surface area contributed by atoms with Crippen LogP contribution in [0.1, 0.15) is 127 Å². The molecule has 7 amide bonds. The lowest BCUT2D eigenvalue weighted by Crippen LogP contribution is -2.59. The van der Waals surface area contributed by atoms with E-state index in [0.717, 1.165) is 11.6 Å². The molecule has 6 atom stereocenters. The van der Waals surface area contributed by atoms with Crippen LogP contribution in [0.25, 0.3) is 0 Å². The topological polar surface area (TPSA) is 257 Å². The molecule has 6 rings (SSSR count). The van der Waals surface area contributed by atoms with Crippen LogP contribution in [0.15, 0.2) is 115 Å². The molecule has 2 heterocycles. The van der Waals surface area contributed by atoms with E-state index in [1.54, 1.807) is 93.7 Å². The Morgan fingerprint density at radius 3 is 2.03 bits per heavy atom. The number of nitrogens with zero attached hydrogens (tertiary/aromatic N) is 4. The van der Waals surface area contributed by atoms with Gasteiger partial charge in [-0.3, -0.25) is 38.4 Å². The van der Waals surface area contributed by atoms with E-state index in [-0.39, 0.29) is 64.0 Å². The van der Waals surface area contributed by atoms with E-state index >= 15 is 0 Å². The summed E-state index contributed by atoms with van der Waals surface area (Å²) >= 11 is 0. The summed E-state index contributed by atoms with van der Waals surface area (Å²) in [5.74, 6) is -6.36. The average molecular weight is 1240 g/mol. The Labute approximate surface area is 528 Å². The molecule has 484 valence electrons. The number of ether oxygens (including phenoxy) is 4. The fraction of sp³-hybridized carbons (Fsp3) is 0.478. The van der Waals surface area contributed by atoms with Crippen molar-refractivity contribution in [3.8, 4) is 11.5 Å². The largest absolute Gasteiger partial charge is 0.493 e. The SMILES string of the molecule is COc1ccc(CC[C@H]2OC(=O)[C@@H]3CCCCN3C(=O)C(=O)C(C)(C)COC(=O)/C=C\CCN(C)C(=O)[C@H](c3ccccc3)NC(=O)C(C(C)C)N(C)C(=O)[C@@H](Cc3ccccc3)NC(=O)[C@H](CC(C)C)N(C)C(=O)CCC(=O)Nc3cccc2c3)cc1OC. The van der Waals surface area contributed by atoms with Crippen molar-refractivity contribution in [1.82, 2.24) is 30.2 Å². The normalized spacial score (nSPS) is 22.7. The van der Waals surface area contributed by atoms with E-state index in [9.17, 15) is 47.9 Å². The highest BCUT2D eigenvalue weighted by atomic mass is 16.5. The lowest BCUT2D eigenvalue weighted by atomic mass is 9.87. The number of anilines is 1. The van der Waals surface area contributed by atoms with Gasteiger partial charge >= 0.3 is 11.9 Å². The maximum Gasteiger partial charge on any atom is 0.330 e. The van der Waals surface area contributed by atoms with Gasteiger partial charge in [0.15, 0.2) is 11.5 Å². The van der Waals surface area contributed by atoms with Gasteiger partial charge in [0.2, 0.25) is 41.2 Å². The highest BCUT2D eigenvalue weighted by molar-refractivity contribution is 6.38. The van der Waals surface area contributed by atoms with Crippen molar-refractivity contribution in [1.29, 1.82) is 0 Å². The average Bonchev–Trinajstić information content (AvgIpc) is 0.976. The number of rotatable bonds is 11. The number of hydrogen-bond donors (Lipinski definition) is 3. The third-order valence-corrected chi connectivity index (χ3v) is 16.3. The van der Waals surface area contributed by atoms with Crippen molar-refractivity contribution in [3.05, 3.63) is 138 Å². The smallest absolute Gasteiger partial charge is 0.330 e. The van der Waals surface area contributed by atoms with E-state index in [0.29, 0.717) is 53.1 Å². The first-order valence-corrected chi connectivity index (χ1v) is 30.8. The second-order valence-electron chi connectivity index (χ2n) is 24.5. The van der Waals surface area contributed by atoms with Crippen molar-refractivity contribution in [2.75, 3.05) is 60.4 Å². The Hall–Kier alpha value is -8.88. The first-order valence-electron chi connectivity index (χ1n) is 30.8. The van der Waals surface area contributed by atoms with Gasteiger partial charge in [-0.05, 0) is 117 Å². The second kappa shape index (κ2) is 33.1. The summed E-state index contributed by atoms with van der Waals surface area (Å²) in [5.41, 5.74) is 1.31. The molecular weight excluding hydrogens is 1150 g/mol. The third-order valence-electron chi connectivity index (χ3n) is 16.3. The molecule has 4 aromatic carbocycles. The first kappa shape index (κ1) is 70.2. The summed E-state index contributed by atoms with van der Waals surface area (Å²) < 4.78 is 22.8. The predicted octanol–water partition coefficient (Wildman–Crippen LogP) is 7.52. The van der Waals surface area contributed by atoms with Crippen LogP contribution in [-0.4, -0.2) is 158 Å². The quantitative estimate of drug-likeness (QED) is 0.0970. The number of esters is 2. The fourth-order valence-corrected chi connectivity index (χ4v) is 11.1. The molecule has 1 fully saturated rings. The van der Waals surface area contributed by atoms with Gasteiger partial charge in [0.25, 0.3) is 5.91 Å². The van der Waals surface area contributed by atoms with Gasteiger partial charge in [-0.25, -0.2) is 9.59 Å². The number of carbonyl (C=O) groups excluding carboxylic acids is 10. The number of nitrogens with one attached hydrogen (secondary N) is 3. The number of amides is 7. The summed E-state index contributed by atoms with van der Waals surface area (Å²) in [7, 11) is 7.54. The highest BCUT2D eigenvalue weighted by Crippen LogP contribution is 2.33. The molecule has 0 spiro atoms. The van der Waals surface area contributed by atoms with Crippen LogP contribution in [0.2, 0.25) is 0 Å². The Morgan fingerprint density at radius 1 is 0.689 bits per heavy atom. The fourth-order valence-electron chi connectivity index (χ4n) is 11.1. The van der Waals surface area contributed by atoms with Crippen LogP contribution in [0.5, 0.6) is 11.5 Å². The minimum absolute atomic E-state index is 0.0244. The van der Waals surface area contributed by atoms with E-state index in [1.165, 1.54) is 67.8 Å². The van der Waals surface area contributed by atoms with Crippen molar-refractivity contribution in [3.63, 3.8) is 0 Å². The van der Waals surface area contributed by atoms with Crippen molar-refractivity contribution in [2.45, 2.75) is 142 Å². The lowest BCUT2D eigenvalue weighted by molar-refractivity contribution is -0.165. The van der Waals surface area contributed by atoms with Gasteiger partial charge in [-0.2, -0.15) is 0 Å². The number of Topliss-reactive ketones (excluding diaryl/α,β-unsaturated/α-hetero) is 1. The molecule has 1 unspecified atom stereocenters. The number of likely N-dealkylation sites (N-methyl/N-ethyl adjacent to an activating group) is 3. The number of hydrogen-bond acceptors (Lipinski definition) is 14. The molecule has 3 N–H and O–H groups in total. The number of ketones is 1. The first-order chi connectivity index (χ1) is 42.8. The zero-order chi connectivity index (χ0) is 65.8. The molecule has 0 aliphatic carbocycles. The number of piperidine rings is 1. The van der Waals surface area contributed by atoms with Gasteiger partial charge in [0, 0.05) is 65.3 Å². The lowest BCUT2D eigenvalue weighted by Gasteiger charge is -2.36. The number of benzene rings is 4.